The summed E-state index contributed by atoms with van der Waals surface area (Å²) >= 11 is 0. The van der Waals surface area contributed by atoms with E-state index in [1.165, 1.54) is 22.6 Å². The van der Waals surface area contributed by atoms with Crippen molar-refractivity contribution in [3.05, 3.63) is 65.2 Å². The normalized spacial score (nSPS) is 11.8. The second-order valence-electron chi connectivity index (χ2n) is 6.83. The van der Waals surface area contributed by atoms with Crippen molar-refractivity contribution in [3.63, 3.8) is 0 Å². The summed E-state index contributed by atoms with van der Waals surface area (Å²) in [4.78, 5) is 17.9. The molecule has 0 aliphatic carbocycles. The van der Waals surface area contributed by atoms with E-state index in [0.29, 0.717) is 19.0 Å². The average molecular weight is 418 g/mol. The van der Waals surface area contributed by atoms with Crippen LogP contribution in [0.15, 0.2) is 58.4 Å². The van der Waals surface area contributed by atoms with E-state index >= 15 is 0 Å². The number of likely N-dealkylation sites (N-methyl/N-ethyl adjacent to an activating group) is 1. The van der Waals surface area contributed by atoms with Crippen LogP contribution in [-0.2, 0) is 27.9 Å². The quantitative estimate of drug-likeness (QED) is 0.458. The first kappa shape index (κ1) is 22.4. The Morgan fingerprint density at radius 3 is 2.14 bits per heavy atom. The second-order valence-corrected chi connectivity index (χ2v) is 8.40. The molecule has 29 heavy (non-hydrogen) atoms. The Morgan fingerprint density at radius 2 is 1.59 bits per heavy atom. The van der Waals surface area contributed by atoms with Gasteiger partial charge in [0.15, 0.2) is 5.96 Å². The van der Waals surface area contributed by atoms with Gasteiger partial charge in [0.2, 0.25) is 15.9 Å². The largest absolute Gasteiger partial charge is 0.352 e. The maximum atomic E-state index is 11.9. The van der Waals surface area contributed by atoms with Gasteiger partial charge in [0.1, 0.15) is 0 Å². The van der Waals surface area contributed by atoms with Gasteiger partial charge in [-0.3, -0.25) is 4.79 Å². The number of sulfonamides is 1. The van der Waals surface area contributed by atoms with Crippen LogP contribution in [0.25, 0.3) is 0 Å². The highest BCUT2D eigenvalue weighted by atomic mass is 32.2. The molecule has 9 heteroatoms. The monoisotopic (exact) mass is 417 g/mol. The summed E-state index contributed by atoms with van der Waals surface area (Å²) in [6.07, 6.45) is 0. The molecule has 2 aromatic carbocycles. The summed E-state index contributed by atoms with van der Waals surface area (Å²) in [6.45, 7) is 2.99. The fourth-order valence-corrected chi connectivity index (χ4v) is 2.85. The van der Waals surface area contributed by atoms with Crippen molar-refractivity contribution in [2.75, 3.05) is 20.6 Å². The van der Waals surface area contributed by atoms with Crippen LogP contribution in [0.3, 0.4) is 0 Å². The Kier molecular flexibility index (Phi) is 7.74. The molecule has 0 saturated carbocycles. The predicted octanol–water partition coefficient (Wildman–Crippen LogP) is 0.966. The minimum Gasteiger partial charge on any atom is -0.352 e. The maximum absolute atomic E-state index is 11.9. The zero-order chi connectivity index (χ0) is 21.4. The molecular weight excluding hydrogens is 390 g/mol. The summed E-state index contributed by atoms with van der Waals surface area (Å²) < 4.78 is 22.7. The Labute approximate surface area is 171 Å². The van der Waals surface area contributed by atoms with Crippen molar-refractivity contribution >= 4 is 21.9 Å². The van der Waals surface area contributed by atoms with Gasteiger partial charge in [0.25, 0.3) is 0 Å². The van der Waals surface area contributed by atoms with Crippen LogP contribution in [0.1, 0.15) is 16.7 Å². The number of benzene rings is 2. The highest BCUT2D eigenvalue weighted by Crippen LogP contribution is 2.09. The number of hydrogen-bond acceptors (Lipinski definition) is 4. The fourth-order valence-electron chi connectivity index (χ4n) is 2.34. The zero-order valence-corrected chi connectivity index (χ0v) is 17.7. The Morgan fingerprint density at radius 1 is 1.00 bits per heavy atom. The standard InChI is InChI=1S/C20H27N5O3S/c1-15-4-6-16(7-5-15)12-22-20(24-14-19(26)25(2)3)23-13-17-8-10-18(11-9-17)29(21,27)28/h4-11H,12-14H2,1-3H3,(H2,21,27,28)(H2,22,23,24). The fraction of sp³-hybridized carbons (Fsp3) is 0.300. The van der Waals surface area contributed by atoms with Crippen molar-refractivity contribution in [1.82, 2.24) is 15.5 Å². The van der Waals surface area contributed by atoms with Crippen LogP contribution in [0.2, 0.25) is 0 Å². The topological polar surface area (TPSA) is 117 Å². The number of primary sulfonamides is 1. The van der Waals surface area contributed by atoms with Gasteiger partial charge >= 0.3 is 0 Å². The van der Waals surface area contributed by atoms with Crippen LogP contribution in [0, 0.1) is 6.92 Å². The van der Waals surface area contributed by atoms with E-state index < -0.39 is 10.0 Å². The van der Waals surface area contributed by atoms with Crippen LogP contribution in [0.5, 0.6) is 0 Å². The molecule has 0 bridgehead atoms. The Bertz CT molecular complexity index is 953. The van der Waals surface area contributed by atoms with E-state index in [1.54, 1.807) is 26.2 Å². The smallest absolute Gasteiger partial charge is 0.241 e. The summed E-state index contributed by atoms with van der Waals surface area (Å²) in [5.41, 5.74) is 3.08. The van der Waals surface area contributed by atoms with E-state index in [2.05, 4.69) is 15.6 Å². The third kappa shape index (κ3) is 7.55. The molecule has 2 rings (SSSR count). The van der Waals surface area contributed by atoms with Gasteiger partial charge in [-0.2, -0.15) is 0 Å². The molecule has 0 saturated heterocycles. The molecule has 1 amide bonds. The van der Waals surface area contributed by atoms with Gasteiger partial charge in [-0.15, -0.1) is 0 Å². The lowest BCUT2D eigenvalue weighted by molar-refractivity contribution is -0.127. The van der Waals surface area contributed by atoms with E-state index in [1.807, 2.05) is 31.2 Å². The molecule has 0 aliphatic heterocycles. The van der Waals surface area contributed by atoms with Gasteiger partial charge in [0, 0.05) is 20.6 Å². The number of aliphatic imine (C=N–C) groups is 1. The van der Waals surface area contributed by atoms with E-state index in [-0.39, 0.29) is 17.3 Å². The molecule has 0 fully saturated rings. The molecule has 0 aliphatic rings. The minimum absolute atomic E-state index is 0.0534. The van der Waals surface area contributed by atoms with Gasteiger partial charge in [-0.25, -0.2) is 18.5 Å². The van der Waals surface area contributed by atoms with Gasteiger partial charge < -0.3 is 15.5 Å². The summed E-state index contributed by atoms with van der Waals surface area (Å²) in [6, 6.07) is 14.3. The van der Waals surface area contributed by atoms with E-state index in [9.17, 15) is 13.2 Å². The van der Waals surface area contributed by atoms with Gasteiger partial charge in [-0.05, 0) is 30.2 Å². The molecular formula is C20H27N5O3S. The molecule has 2 aromatic rings. The third-order valence-electron chi connectivity index (χ3n) is 4.16. The number of aryl methyl sites for hydroxylation is 1. The van der Waals surface area contributed by atoms with Gasteiger partial charge in [-0.1, -0.05) is 42.0 Å². The van der Waals surface area contributed by atoms with Crippen LogP contribution in [0.4, 0.5) is 0 Å². The molecule has 0 heterocycles. The van der Waals surface area contributed by atoms with Crippen LogP contribution in [-0.4, -0.2) is 45.8 Å². The lowest BCUT2D eigenvalue weighted by Crippen LogP contribution is -2.42. The van der Waals surface area contributed by atoms with E-state index in [4.69, 9.17) is 5.14 Å². The number of carbonyl (C=O) groups is 1. The highest BCUT2D eigenvalue weighted by molar-refractivity contribution is 7.89. The molecule has 4 N–H and O–H groups in total. The molecule has 0 spiro atoms. The Balaban J connectivity index is 2.07. The highest BCUT2D eigenvalue weighted by Gasteiger charge is 2.08. The first-order valence-corrected chi connectivity index (χ1v) is 10.6. The lowest BCUT2D eigenvalue weighted by Gasteiger charge is -2.15. The van der Waals surface area contributed by atoms with Crippen LogP contribution < -0.4 is 15.8 Å². The number of hydrogen-bond donors (Lipinski definition) is 3. The first-order valence-electron chi connectivity index (χ1n) is 9.05. The molecule has 8 nitrogen and oxygen atoms in total. The van der Waals surface area contributed by atoms with Gasteiger partial charge in [0.05, 0.1) is 18.0 Å². The number of amides is 1. The van der Waals surface area contributed by atoms with Crippen molar-refractivity contribution in [2.45, 2.75) is 24.9 Å². The maximum Gasteiger partial charge on any atom is 0.241 e. The molecule has 0 unspecified atom stereocenters. The second kappa shape index (κ2) is 10.0. The predicted molar refractivity (Wildman–Crippen MR) is 114 cm³/mol. The zero-order valence-electron chi connectivity index (χ0n) is 16.8. The summed E-state index contributed by atoms with van der Waals surface area (Å²) in [5.74, 6) is 0.406. The Hall–Kier alpha value is -2.91. The molecule has 0 aromatic heterocycles. The number of nitrogens with one attached hydrogen (secondary N) is 2. The molecule has 156 valence electrons. The first-order chi connectivity index (χ1) is 13.6. The van der Waals surface area contributed by atoms with Crippen molar-refractivity contribution in [3.8, 4) is 0 Å². The summed E-state index contributed by atoms with van der Waals surface area (Å²) in [5, 5.41) is 11.3. The average Bonchev–Trinajstić information content (AvgIpc) is 2.68. The lowest BCUT2D eigenvalue weighted by atomic mass is 10.1. The van der Waals surface area contributed by atoms with Crippen molar-refractivity contribution in [1.29, 1.82) is 0 Å². The van der Waals surface area contributed by atoms with Crippen molar-refractivity contribution < 1.29 is 13.2 Å². The van der Waals surface area contributed by atoms with Crippen LogP contribution >= 0.6 is 0 Å². The minimum atomic E-state index is -3.72. The number of rotatable bonds is 7. The number of guanidine groups is 1. The molecule has 0 atom stereocenters. The SMILES string of the molecule is Cc1ccc(CNC(=NCc2ccc(S(N)(=O)=O)cc2)NCC(=O)N(C)C)cc1. The molecule has 0 radical (unpaired) electrons. The number of nitrogens with zero attached hydrogens (tertiary/aromatic N) is 2. The summed E-state index contributed by atoms with van der Waals surface area (Å²) in [7, 11) is -0.346. The van der Waals surface area contributed by atoms with E-state index in [0.717, 1.165) is 11.1 Å². The van der Waals surface area contributed by atoms with Crippen molar-refractivity contribution in [2.24, 2.45) is 10.1 Å². The third-order valence-corrected chi connectivity index (χ3v) is 5.09. The number of nitrogens with two attached hydrogens (primary N) is 1. The number of carbonyl (C=O) groups excluding carboxylic acids is 1.